The van der Waals surface area contributed by atoms with Crippen molar-refractivity contribution in [2.24, 2.45) is 0 Å². The molecule has 0 aromatic carbocycles. The summed E-state index contributed by atoms with van der Waals surface area (Å²) < 4.78 is 0. The van der Waals surface area contributed by atoms with E-state index in [1.165, 1.54) is 5.06 Å². The van der Waals surface area contributed by atoms with Crippen LogP contribution in [0.2, 0.25) is 0 Å². The minimum Gasteiger partial charge on any atom is -0.313 e. The fraction of sp³-hybridized carbons (Fsp3) is 1.00. The predicted octanol–water partition coefficient (Wildman–Crippen LogP) is 3.42. The first kappa shape index (κ1) is 15.2. The average molecular weight is 270 g/mol. The highest BCUT2D eigenvalue weighted by molar-refractivity contribution is 5.10. The van der Waals surface area contributed by atoms with E-state index < -0.39 is 0 Å². The van der Waals surface area contributed by atoms with Crippen molar-refractivity contribution in [2.45, 2.75) is 95.8 Å². The average Bonchev–Trinajstić information content (AvgIpc) is 2.22. The van der Waals surface area contributed by atoms with E-state index >= 15 is 0 Å². The summed E-state index contributed by atoms with van der Waals surface area (Å²) in [5.74, 6) is 0. The van der Waals surface area contributed by atoms with E-state index in [4.69, 9.17) is 0 Å². The molecular formula is C15H30N2O2. The topological polar surface area (TPSA) is 46.9 Å². The fourth-order valence-corrected chi connectivity index (χ4v) is 4.67. The van der Waals surface area contributed by atoms with E-state index in [0.29, 0.717) is 0 Å². The van der Waals surface area contributed by atoms with Crippen molar-refractivity contribution in [1.82, 2.24) is 10.1 Å². The quantitative estimate of drug-likeness (QED) is 0.708. The van der Waals surface area contributed by atoms with Gasteiger partial charge in [-0.25, -0.2) is 0 Å². The highest BCUT2D eigenvalue weighted by Gasteiger charge is 2.57. The Balaban J connectivity index is 2.39. The van der Waals surface area contributed by atoms with Crippen molar-refractivity contribution in [3.05, 3.63) is 0 Å². The van der Waals surface area contributed by atoms with Crippen LogP contribution in [0.3, 0.4) is 0 Å². The Labute approximate surface area is 117 Å². The van der Waals surface area contributed by atoms with Gasteiger partial charge in [-0.2, -0.15) is 10.1 Å². The van der Waals surface area contributed by atoms with Crippen molar-refractivity contribution in [2.75, 3.05) is 0 Å². The summed E-state index contributed by atoms with van der Waals surface area (Å²) in [6, 6.07) is 0. The van der Waals surface area contributed by atoms with Gasteiger partial charge in [0.2, 0.25) is 0 Å². The van der Waals surface area contributed by atoms with Crippen LogP contribution in [0, 0.1) is 0 Å². The van der Waals surface area contributed by atoms with Crippen molar-refractivity contribution in [3.63, 3.8) is 0 Å². The monoisotopic (exact) mass is 270 g/mol. The zero-order chi connectivity index (χ0) is 14.7. The van der Waals surface area contributed by atoms with E-state index in [1.54, 1.807) is 5.06 Å². The molecule has 0 unspecified atom stereocenters. The summed E-state index contributed by atoms with van der Waals surface area (Å²) in [6.07, 6.45) is 4.75. The van der Waals surface area contributed by atoms with E-state index in [9.17, 15) is 10.4 Å². The van der Waals surface area contributed by atoms with E-state index in [2.05, 4.69) is 41.5 Å². The normalized spacial score (nSPS) is 33.5. The third kappa shape index (κ3) is 2.33. The molecule has 19 heavy (non-hydrogen) atoms. The van der Waals surface area contributed by atoms with Crippen LogP contribution in [-0.4, -0.2) is 42.7 Å². The summed E-state index contributed by atoms with van der Waals surface area (Å²) in [5, 5.41) is 24.3. The zero-order valence-electron chi connectivity index (χ0n) is 13.3. The van der Waals surface area contributed by atoms with Crippen LogP contribution < -0.4 is 0 Å². The molecule has 2 aliphatic heterocycles. The van der Waals surface area contributed by atoms with Gasteiger partial charge in [0.25, 0.3) is 0 Å². The molecule has 4 nitrogen and oxygen atoms in total. The second-order valence-electron chi connectivity index (χ2n) is 8.49. The molecule has 0 atom stereocenters. The SMILES string of the molecule is CC1(C)CC2(CCCC(C)(C)N2O)CC(C)(C)N1O. The van der Waals surface area contributed by atoms with Crippen molar-refractivity contribution < 1.29 is 10.4 Å². The summed E-state index contributed by atoms with van der Waals surface area (Å²) in [4.78, 5) is 0. The number of hydroxylamine groups is 4. The van der Waals surface area contributed by atoms with Gasteiger partial charge in [-0.05, 0) is 73.6 Å². The molecule has 0 radical (unpaired) electrons. The number of nitrogens with zero attached hydrogens (tertiary/aromatic N) is 2. The molecular weight excluding hydrogens is 240 g/mol. The Kier molecular flexibility index (Phi) is 3.34. The molecule has 2 heterocycles. The first-order valence-corrected chi connectivity index (χ1v) is 7.42. The molecule has 1 spiro atoms. The van der Waals surface area contributed by atoms with Gasteiger partial charge in [-0.3, -0.25) is 0 Å². The zero-order valence-corrected chi connectivity index (χ0v) is 13.3. The van der Waals surface area contributed by atoms with Gasteiger partial charge in [0.05, 0.1) is 5.54 Å². The van der Waals surface area contributed by atoms with Crippen LogP contribution in [0.15, 0.2) is 0 Å². The standard InChI is InChI=1S/C15H30N2O2/c1-12(2)8-7-9-15(17(12)19)10-13(3,4)16(18)14(5,6)11-15/h18-19H,7-11H2,1-6H3. The molecule has 0 saturated carbocycles. The van der Waals surface area contributed by atoms with Crippen molar-refractivity contribution in [3.8, 4) is 0 Å². The lowest BCUT2D eigenvalue weighted by Crippen LogP contribution is -2.71. The molecule has 2 aliphatic rings. The molecule has 0 aromatic heterocycles. The Bertz CT molecular complexity index is 345. The second kappa shape index (κ2) is 4.17. The fourth-order valence-electron chi connectivity index (χ4n) is 4.67. The van der Waals surface area contributed by atoms with Gasteiger partial charge in [0.15, 0.2) is 0 Å². The number of rotatable bonds is 0. The first-order valence-electron chi connectivity index (χ1n) is 7.42. The molecule has 112 valence electrons. The summed E-state index contributed by atoms with van der Waals surface area (Å²) in [5.41, 5.74) is -1.04. The Morgan fingerprint density at radius 3 is 1.63 bits per heavy atom. The van der Waals surface area contributed by atoms with Gasteiger partial charge < -0.3 is 10.4 Å². The maximum atomic E-state index is 10.8. The lowest BCUT2D eigenvalue weighted by molar-refractivity contribution is -0.323. The Morgan fingerprint density at radius 1 is 0.684 bits per heavy atom. The highest BCUT2D eigenvalue weighted by atomic mass is 16.5. The maximum Gasteiger partial charge on any atom is 0.0503 e. The minimum atomic E-state index is -0.323. The molecule has 0 aromatic rings. The summed E-state index contributed by atoms with van der Waals surface area (Å²) in [7, 11) is 0. The molecule has 4 heteroatoms. The minimum absolute atomic E-state index is 0.179. The van der Waals surface area contributed by atoms with E-state index in [1.807, 2.05) is 0 Å². The first-order chi connectivity index (χ1) is 8.43. The van der Waals surface area contributed by atoms with Crippen LogP contribution in [0.25, 0.3) is 0 Å². The largest absolute Gasteiger partial charge is 0.313 e. The van der Waals surface area contributed by atoms with E-state index in [-0.39, 0.29) is 22.2 Å². The number of hydrogen-bond donors (Lipinski definition) is 2. The predicted molar refractivity (Wildman–Crippen MR) is 75.3 cm³/mol. The number of piperidine rings is 2. The van der Waals surface area contributed by atoms with Gasteiger partial charge in [-0.15, -0.1) is 0 Å². The van der Waals surface area contributed by atoms with Crippen LogP contribution in [0.1, 0.15) is 73.6 Å². The van der Waals surface area contributed by atoms with Gasteiger partial charge in [-0.1, -0.05) is 0 Å². The smallest absolute Gasteiger partial charge is 0.0503 e. The van der Waals surface area contributed by atoms with Crippen LogP contribution >= 0.6 is 0 Å². The van der Waals surface area contributed by atoms with Gasteiger partial charge >= 0.3 is 0 Å². The van der Waals surface area contributed by atoms with Crippen LogP contribution in [0.4, 0.5) is 0 Å². The maximum absolute atomic E-state index is 10.8. The third-order valence-electron chi connectivity index (χ3n) is 5.12. The van der Waals surface area contributed by atoms with Gasteiger partial charge in [0.1, 0.15) is 0 Å². The lowest BCUT2D eigenvalue weighted by Gasteiger charge is -2.62. The molecule has 2 fully saturated rings. The Hall–Kier alpha value is -0.160. The van der Waals surface area contributed by atoms with Gasteiger partial charge in [0, 0.05) is 16.6 Å². The number of hydrogen-bond acceptors (Lipinski definition) is 4. The molecule has 0 bridgehead atoms. The third-order valence-corrected chi connectivity index (χ3v) is 5.12. The molecule has 2 rings (SSSR count). The summed E-state index contributed by atoms with van der Waals surface area (Å²) in [6.45, 7) is 12.5. The molecule has 2 N–H and O–H groups in total. The lowest BCUT2D eigenvalue weighted by atomic mass is 9.65. The van der Waals surface area contributed by atoms with Crippen LogP contribution in [0.5, 0.6) is 0 Å². The van der Waals surface area contributed by atoms with Crippen molar-refractivity contribution >= 4 is 0 Å². The summed E-state index contributed by atoms with van der Waals surface area (Å²) >= 11 is 0. The highest BCUT2D eigenvalue weighted by Crippen LogP contribution is 2.51. The Morgan fingerprint density at radius 2 is 1.16 bits per heavy atom. The van der Waals surface area contributed by atoms with Crippen molar-refractivity contribution in [1.29, 1.82) is 0 Å². The van der Waals surface area contributed by atoms with Crippen LogP contribution in [-0.2, 0) is 0 Å². The molecule has 2 saturated heterocycles. The second-order valence-corrected chi connectivity index (χ2v) is 8.49. The molecule has 0 aliphatic carbocycles. The molecule has 0 amide bonds. The van der Waals surface area contributed by atoms with E-state index in [0.717, 1.165) is 32.1 Å².